The Morgan fingerprint density at radius 3 is 2.50 bits per heavy atom. The molecule has 6 heteroatoms. The van der Waals surface area contributed by atoms with Crippen molar-refractivity contribution in [3.8, 4) is 11.3 Å². The van der Waals surface area contributed by atoms with Crippen molar-refractivity contribution in [2.75, 3.05) is 5.32 Å². The van der Waals surface area contributed by atoms with Gasteiger partial charge >= 0.3 is 0 Å². The van der Waals surface area contributed by atoms with Gasteiger partial charge in [-0.1, -0.05) is 44.2 Å². The van der Waals surface area contributed by atoms with E-state index in [1.807, 2.05) is 24.3 Å². The number of para-hydroxylation sites is 2. The van der Waals surface area contributed by atoms with Crippen LogP contribution in [0.1, 0.15) is 44.2 Å². The molecule has 28 heavy (non-hydrogen) atoms. The number of fused-ring (bicyclic) bond motifs is 1. The van der Waals surface area contributed by atoms with Gasteiger partial charge < -0.3 is 14.5 Å². The van der Waals surface area contributed by atoms with Crippen LogP contribution in [0.15, 0.2) is 65.1 Å². The lowest BCUT2D eigenvalue weighted by atomic mass is 9.85. The molecule has 0 unspecified atom stereocenters. The molecule has 0 bridgehead atoms. The lowest BCUT2D eigenvalue weighted by Crippen LogP contribution is -2.37. The van der Waals surface area contributed by atoms with Crippen molar-refractivity contribution < 1.29 is 14.1 Å². The zero-order valence-corrected chi connectivity index (χ0v) is 15.8. The summed E-state index contributed by atoms with van der Waals surface area (Å²) < 4.78 is 12.5. The SMILES string of the molecule is CCC1(CC)O[C@@H](c2ccc(-c3ccccc3[N+](=O)[O-])o2)Nc2ccccc21. The van der Waals surface area contributed by atoms with Crippen LogP contribution < -0.4 is 5.32 Å². The van der Waals surface area contributed by atoms with E-state index in [0.29, 0.717) is 17.1 Å². The normalized spacial score (nSPS) is 17.6. The topological polar surface area (TPSA) is 77.5 Å². The fraction of sp³-hybridized carbons (Fsp3) is 0.273. The third-order valence-corrected chi connectivity index (χ3v) is 5.44. The van der Waals surface area contributed by atoms with Gasteiger partial charge in [0.25, 0.3) is 5.69 Å². The molecule has 1 aromatic heterocycles. The summed E-state index contributed by atoms with van der Waals surface area (Å²) in [4.78, 5) is 10.9. The van der Waals surface area contributed by atoms with Crippen molar-refractivity contribution in [1.29, 1.82) is 0 Å². The first-order valence-corrected chi connectivity index (χ1v) is 9.45. The number of benzene rings is 2. The zero-order chi connectivity index (χ0) is 19.7. The molecule has 1 atom stereocenters. The first-order valence-electron chi connectivity index (χ1n) is 9.45. The summed E-state index contributed by atoms with van der Waals surface area (Å²) in [6.45, 7) is 4.23. The van der Waals surface area contributed by atoms with E-state index in [0.717, 1.165) is 24.1 Å². The van der Waals surface area contributed by atoms with Crippen molar-refractivity contribution >= 4 is 11.4 Å². The summed E-state index contributed by atoms with van der Waals surface area (Å²) in [5, 5.41) is 14.7. The van der Waals surface area contributed by atoms with Gasteiger partial charge in [0.2, 0.25) is 0 Å². The van der Waals surface area contributed by atoms with Gasteiger partial charge in [-0.25, -0.2) is 0 Å². The molecule has 0 spiro atoms. The van der Waals surface area contributed by atoms with Gasteiger partial charge in [-0.2, -0.15) is 0 Å². The van der Waals surface area contributed by atoms with Crippen LogP contribution in [0.3, 0.4) is 0 Å². The second kappa shape index (κ2) is 7.13. The molecule has 2 heterocycles. The molecule has 144 valence electrons. The molecule has 6 nitrogen and oxygen atoms in total. The Morgan fingerprint density at radius 2 is 1.75 bits per heavy atom. The molecule has 0 fully saturated rings. The van der Waals surface area contributed by atoms with Crippen molar-refractivity contribution in [1.82, 2.24) is 0 Å². The first-order chi connectivity index (χ1) is 13.6. The number of furan rings is 1. The van der Waals surface area contributed by atoms with Crippen LogP contribution >= 0.6 is 0 Å². The number of anilines is 1. The Morgan fingerprint density at radius 1 is 1.04 bits per heavy atom. The fourth-order valence-electron chi connectivity index (χ4n) is 3.87. The van der Waals surface area contributed by atoms with Crippen LogP contribution in [0.5, 0.6) is 0 Å². The maximum Gasteiger partial charge on any atom is 0.280 e. The molecule has 0 saturated heterocycles. The number of hydrogen-bond donors (Lipinski definition) is 1. The molecule has 1 aliphatic heterocycles. The monoisotopic (exact) mass is 378 g/mol. The number of nitrogens with zero attached hydrogens (tertiary/aromatic N) is 1. The largest absolute Gasteiger partial charge is 0.456 e. The number of ether oxygens (including phenoxy) is 1. The number of nitro benzene ring substituents is 1. The van der Waals surface area contributed by atoms with Crippen molar-refractivity contribution in [2.24, 2.45) is 0 Å². The Labute approximate surface area is 163 Å². The molecule has 1 aliphatic rings. The minimum atomic E-state index is -0.466. The summed E-state index contributed by atoms with van der Waals surface area (Å²) >= 11 is 0. The smallest absolute Gasteiger partial charge is 0.280 e. The van der Waals surface area contributed by atoms with Crippen molar-refractivity contribution in [3.05, 3.63) is 82.1 Å². The highest BCUT2D eigenvalue weighted by Gasteiger charge is 2.40. The highest BCUT2D eigenvalue weighted by molar-refractivity contribution is 5.69. The van der Waals surface area contributed by atoms with E-state index in [2.05, 4.69) is 25.2 Å². The fourth-order valence-corrected chi connectivity index (χ4v) is 3.87. The molecule has 0 radical (unpaired) electrons. The maximum atomic E-state index is 11.3. The van der Waals surface area contributed by atoms with E-state index < -0.39 is 16.8 Å². The van der Waals surface area contributed by atoms with E-state index in [9.17, 15) is 10.1 Å². The number of nitro groups is 1. The summed E-state index contributed by atoms with van der Waals surface area (Å²) in [7, 11) is 0. The summed E-state index contributed by atoms with van der Waals surface area (Å²) in [6, 6.07) is 18.3. The summed E-state index contributed by atoms with van der Waals surface area (Å²) in [6.07, 6.45) is 1.19. The molecule has 0 saturated carbocycles. The lowest BCUT2D eigenvalue weighted by molar-refractivity contribution is -0.384. The number of hydrogen-bond acceptors (Lipinski definition) is 5. The Kier molecular flexibility index (Phi) is 4.65. The molecule has 0 amide bonds. The average molecular weight is 378 g/mol. The first kappa shape index (κ1) is 18.3. The number of nitrogens with one attached hydrogen (secondary N) is 1. The highest BCUT2D eigenvalue weighted by Crippen LogP contribution is 2.46. The standard InChI is InChI=1S/C22H22N2O4/c1-3-22(4-2)16-10-6-7-11-17(16)23-21(28-22)20-14-13-19(27-20)15-9-5-8-12-18(15)24(25)26/h5-14,21,23H,3-4H2,1-2H3/t21-/m0/s1. The van der Waals surface area contributed by atoms with Gasteiger partial charge in [0.15, 0.2) is 12.0 Å². The van der Waals surface area contributed by atoms with Crippen LogP contribution in [0.2, 0.25) is 0 Å². The molecule has 0 aliphatic carbocycles. The second-order valence-corrected chi connectivity index (χ2v) is 6.87. The third-order valence-electron chi connectivity index (χ3n) is 5.44. The third kappa shape index (κ3) is 2.96. The van der Waals surface area contributed by atoms with Gasteiger partial charge in [-0.3, -0.25) is 10.1 Å². The maximum absolute atomic E-state index is 11.3. The molecule has 4 rings (SSSR count). The molecule has 3 aromatic rings. The Balaban J connectivity index is 1.72. The average Bonchev–Trinajstić information content (AvgIpc) is 3.23. The highest BCUT2D eigenvalue weighted by atomic mass is 16.6. The molecular formula is C22H22N2O4. The van der Waals surface area contributed by atoms with E-state index >= 15 is 0 Å². The van der Waals surface area contributed by atoms with Crippen LogP contribution in [0.25, 0.3) is 11.3 Å². The predicted molar refractivity (Wildman–Crippen MR) is 107 cm³/mol. The van der Waals surface area contributed by atoms with Crippen LogP contribution in [0.4, 0.5) is 11.4 Å². The Hall–Kier alpha value is -3.12. The number of rotatable bonds is 5. The van der Waals surface area contributed by atoms with Gasteiger partial charge in [-0.15, -0.1) is 0 Å². The van der Waals surface area contributed by atoms with E-state index in [1.165, 1.54) is 6.07 Å². The van der Waals surface area contributed by atoms with Crippen LogP contribution in [-0.2, 0) is 10.3 Å². The zero-order valence-electron chi connectivity index (χ0n) is 15.8. The van der Waals surface area contributed by atoms with Gasteiger partial charge in [-0.05, 0) is 37.1 Å². The molecule has 2 aromatic carbocycles. The van der Waals surface area contributed by atoms with Crippen molar-refractivity contribution in [2.45, 2.75) is 38.5 Å². The molecule has 1 N–H and O–H groups in total. The van der Waals surface area contributed by atoms with Gasteiger partial charge in [0.05, 0.1) is 16.1 Å². The summed E-state index contributed by atoms with van der Waals surface area (Å²) in [5.74, 6) is 1.04. The van der Waals surface area contributed by atoms with Crippen molar-refractivity contribution in [3.63, 3.8) is 0 Å². The van der Waals surface area contributed by atoms with E-state index in [4.69, 9.17) is 9.15 Å². The van der Waals surface area contributed by atoms with E-state index in [-0.39, 0.29) is 5.69 Å². The van der Waals surface area contributed by atoms with Crippen LogP contribution in [0, 0.1) is 10.1 Å². The quantitative estimate of drug-likeness (QED) is 0.434. The van der Waals surface area contributed by atoms with E-state index in [1.54, 1.807) is 24.3 Å². The van der Waals surface area contributed by atoms with Gasteiger partial charge in [0, 0.05) is 17.3 Å². The lowest BCUT2D eigenvalue weighted by Gasteiger charge is -2.42. The minimum Gasteiger partial charge on any atom is -0.456 e. The second-order valence-electron chi connectivity index (χ2n) is 6.87. The molecular weight excluding hydrogens is 356 g/mol. The minimum absolute atomic E-state index is 0.0164. The predicted octanol–water partition coefficient (Wildman–Crippen LogP) is 6.01. The Bertz CT molecular complexity index is 1010. The van der Waals surface area contributed by atoms with Crippen LogP contribution in [-0.4, -0.2) is 4.92 Å². The summed E-state index contributed by atoms with van der Waals surface area (Å²) in [5.41, 5.74) is 2.22. The van der Waals surface area contributed by atoms with Gasteiger partial charge in [0.1, 0.15) is 5.76 Å².